The van der Waals surface area contributed by atoms with E-state index >= 15 is 0 Å². The standard InChI is InChI=1S/C15H13BF8O2/c1-13(2)14(3,4)26-16(25-13)7(17)5-6-9(18)11(20)8(15(22,23)24)12(21)10(6)19/h5H,1-4H3. The molecule has 26 heavy (non-hydrogen) atoms. The second-order valence-corrected chi connectivity index (χ2v) is 6.66. The summed E-state index contributed by atoms with van der Waals surface area (Å²) in [5, 5.41) is 0. The van der Waals surface area contributed by atoms with Gasteiger partial charge in [0.25, 0.3) is 0 Å². The van der Waals surface area contributed by atoms with Gasteiger partial charge in [-0.15, -0.1) is 0 Å². The maximum absolute atomic E-state index is 14.2. The third kappa shape index (κ3) is 3.34. The molecule has 11 heteroatoms. The largest absolute Gasteiger partial charge is 0.525 e. The number of hydrogen-bond acceptors (Lipinski definition) is 2. The van der Waals surface area contributed by atoms with Crippen LogP contribution in [0.4, 0.5) is 35.1 Å². The Balaban J connectivity index is 2.53. The van der Waals surface area contributed by atoms with Gasteiger partial charge in [-0.3, -0.25) is 0 Å². The molecule has 0 N–H and O–H groups in total. The molecule has 1 aliphatic heterocycles. The van der Waals surface area contributed by atoms with Gasteiger partial charge in [-0.1, -0.05) is 0 Å². The van der Waals surface area contributed by atoms with Gasteiger partial charge in [-0.25, -0.2) is 22.0 Å². The average molecular weight is 388 g/mol. The van der Waals surface area contributed by atoms with Crippen LogP contribution < -0.4 is 0 Å². The summed E-state index contributed by atoms with van der Waals surface area (Å²) in [6.45, 7) is 6.16. The molecule has 1 fully saturated rings. The summed E-state index contributed by atoms with van der Waals surface area (Å²) in [6.07, 6.45) is -5.68. The normalized spacial score (nSPS) is 20.0. The number of alkyl halides is 3. The lowest BCUT2D eigenvalue weighted by atomic mass is 9.86. The van der Waals surface area contributed by atoms with E-state index in [9.17, 15) is 35.1 Å². The molecule has 0 unspecified atom stereocenters. The van der Waals surface area contributed by atoms with Crippen molar-refractivity contribution in [2.24, 2.45) is 0 Å². The molecule has 2 nitrogen and oxygen atoms in total. The zero-order valence-electron chi connectivity index (χ0n) is 14.0. The molecule has 0 aromatic heterocycles. The topological polar surface area (TPSA) is 18.5 Å². The average Bonchev–Trinajstić information content (AvgIpc) is 2.68. The molecule has 0 bridgehead atoms. The van der Waals surface area contributed by atoms with E-state index in [1.807, 2.05) is 0 Å². The van der Waals surface area contributed by atoms with Crippen molar-refractivity contribution < 1.29 is 44.4 Å². The predicted molar refractivity (Wildman–Crippen MR) is 76.4 cm³/mol. The van der Waals surface area contributed by atoms with Crippen molar-refractivity contribution in [2.75, 3.05) is 0 Å². The highest BCUT2D eigenvalue weighted by molar-refractivity contribution is 6.54. The highest BCUT2D eigenvalue weighted by Crippen LogP contribution is 2.40. The van der Waals surface area contributed by atoms with E-state index < -0.39 is 64.6 Å². The zero-order valence-corrected chi connectivity index (χ0v) is 14.0. The SMILES string of the molecule is CC1(C)OB(C(F)=Cc2c(F)c(F)c(C(F)(F)F)c(F)c2F)OC1(C)C. The maximum atomic E-state index is 14.2. The number of benzene rings is 1. The van der Waals surface area contributed by atoms with Crippen LogP contribution in [0.15, 0.2) is 5.73 Å². The lowest BCUT2D eigenvalue weighted by Crippen LogP contribution is -2.41. The van der Waals surface area contributed by atoms with Gasteiger partial charge >= 0.3 is 13.3 Å². The Kier molecular flexibility index (Phi) is 4.95. The second kappa shape index (κ2) is 6.23. The van der Waals surface area contributed by atoms with E-state index in [4.69, 9.17) is 9.31 Å². The third-order valence-corrected chi connectivity index (χ3v) is 4.34. The van der Waals surface area contributed by atoms with Gasteiger partial charge in [0.05, 0.1) is 16.8 Å². The van der Waals surface area contributed by atoms with E-state index in [1.54, 1.807) is 27.7 Å². The van der Waals surface area contributed by atoms with Gasteiger partial charge in [0.15, 0.2) is 23.3 Å². The molecule has 2 rings (SSSR count). The third-order valence-electron chi connectivity index (χ3n) is 4.34. The summed E-state index contributed by atoms with van der Waals surface area (Å²) < 4.78 is 117. The smallest absolute Gasteiger partial charge is 0.398 e. The lowest BCUT2D eigenvalue weighted by molar-refractivity contribution is -0.143. The van der Waals surface area contributed by atoms with E-state index in [1.165, 1.54) is 0 Å². The molecule has 1 aromatic rings. The molecule has 0 atom stereocenters. The molecule has 0 radical (unpaired) electrons. The van der Waals surface area contributed by atoms with Crippen molar-refractivity contribution in [1.82, 2.24) is 0 Å². The van der Waals surface area contributed by atoms with Gasteiger partial charge in [-0.05, 0) is 33.8 Å². The Bertz CT molecular complexity index is 725. The van der Waals surface area contributed by atoms with Crippen LogP contribution in [0.5, 0.6) is 0 Å². The van der Waals surface area contributed by atoms with Gasteiger partial charge in [-0.2, -0.15) is 13.2 Å². The number of halogens is 8. The molecule has 1 aromatic carbocycles. The van der Waals surface area contributed by atoms with Crippen LogP contribution in [-0.4, -0.2) is 18.3 Å². The van der Waals surface area contributed by atoms with E-state index in [0.717, 1.165) is 0 Å². The van der Waals surface area contributed by atoms with Gasteiger partial charge in [0.2, 0.25) is 0 Å². The molecule has 1 heterocycles. The molecule has 0 aliphatic carbocycles. The fourth-order valence-electron chi connectivity index (χ4n) is 2.19. The van der Waals surface area contributed by atoms with Crippen molar-refractivity contribution in [2.45, 2.75) is 45.1 Å². The van der Waals surface area contributed by atoms with Crippen LogP contribution >= 0.6 is 0 Å². The first-order valence-electron chi connectivity index (χ1n) is 7.26. The first kappa shape index (κ1) is 20.7. The highest BCUT2D eigenvalue weighted by Gasteiger charge is 2.53. The summed E-state index contributed by atoms with van der Waals surface area (Å²) in [7, 11) is -1.76. The minimum atomic E-state index is -5.68. The minimum absolute atomic E-state index is 0.000865. The first-order valence-corrected chi connectivity index (χ1v) is 7.26. The summed E-state index contributed by atoms with van der Waals surface area (Å²) in [5.41, 5.74) is -7.92. The molecular weight excluding hydrogens is 375 g/mol. The molecule has 1 saturated heterocycles. The quantitative estimate of drug-likeness (QED) is 0.394. The Morgan fingerprint density at radius 3 is 1.58 bits per heavy atom. The van der Waals surface area contributed by atoms with Crippen LogP contribution in [0.25, 0.3) is 6.08 Å². The van der Waals surface area contributed by atoms with Crippen LogP contribution in [0.2, 0.25) is 0 Å². The Labute approximate surface area is 143 Å². The van der Waals surface area contributed by atoms with E-state index in [0.29, 0.717) is 0 Å². The maximum Gasteiger partial charge on any atom is 0.525 e. The van der Waals surface area contributed by atoms with Crippen molar-refractivity contribution in [3.63, 3.8) is 0 Å². The zero-order chi connectivity index (χ0) is 20.2. The highest BCUT2D eigenvalue weighted by atomic mass is 19.4. The van der Waals surface area contributed by atoms with Crippen LogP contribution in [0.3, 0.4) is 0 Å². The van der Waals surface area contributed by atoms with Crippen LogP contribution in [0.1, 0.15) is 38.8 Å². The summed E-state index contributed by atoms with van der Waals surface area (Å²) in [6, 6.07) is 0. The van der Waals surface area contributed by atoms with Crippen molar-refractivity contribution in [3.8, 4) is 0 Å². The molecule has 1 aliphatic rings. The fourth-order valence-corrected chi connectivity index (χ4v) is 2.19. The molecular formula is C15H13BF8O2. The summed E-state index contributed by atoms with van der Waals surface area (Å²) >= 11 is 0. The summed E-state index contributed by atoms with van der Waals surface area (Å²) in [4.78, 5) is 0. The molecule has 0 saturated carbocycles. The predicted octanol–water partition coefficient (Wildman–Crippen LogP) is 5.20. The van der Waals surface area contributed by atoms with Crippen LogP contribution in [0, 0.1) is 23.3 Å². The Morgan fingerprint density at radius 2 is 1.23 bits per heavy atom. The molecule has 144 valence electrons. The van der Waals surface area contributed by atoms with Crippen molar-refractivity contribution >= 4 is 13.2 Å². The van der Waals surface area contributed by atoms with Gasteiger partial charge < -0.3 is 9.31 Å². The lowest BCUT2D eigenvalue weighted by Gasteiger charge is -2.32. The monoisotopic (exact) mass is 388 g/mol. The van der Waals surface area contributed by atoms with Crippen molar-refractivity contribution in [3.05, 3.63) is 40.1 Å². The second-order valence-electron chi connectivity index (χ2n) is 6.66. The van der Waals surface area contributed by atoms with Gasteiger partial charge in [0.1, 0.15) is 11.3 Å². The van der Waals surface area contributed by atoms with Crippen molar-refractivity contribution in [1.29, 1.82) is 0 Å². The number of hydrogen-bond donors (Lipinski definition) is 0. The number of rotatable bonds is 2. The molecule has 0 spiro atoms. The fraction of sp³-hybridized carbons (Fsp3) is 0.467. The minimum Gasteiger partial charge on any atom is -0.398 e. The van der Waals surface area contributed by atoms with Crippen LogP contribution in [-0.2, 0) is 15.5 Å². The van der Waals surface area contributed by atoms with E-state index in [-0.39, 0.29) is 6.08 Å². The Hall–Kier alpha value is -1.62. The first-order chi connectivity index (χ1) is 11.6. The molecule has 0 amide bonds. The summed E-state index contributed by atoms with van der Waals surface area (Å²) in [5.74, 6) is -10.1. The van der Waals surface area contributed by atoms with E-state index in [2.05, 4.69) is 0 Å². The Morgan fingerprint density at radius 1 is 0.846 bits per heavy atom. The van der Waals surface area contributed by atoms with Gasteiger partial charge in [0, 0.05) is 0 Å².